The molecule has 140 valence electrons. The van der Waals surface area contributed by atoms with Gasteiger partial charge in [-0.1, -0.05) is 51.9 Å². The Kier molecular flexibility index (Phi) is 20.8. The number of nitrogens with zero attached hydrogens (tertiary/aromatic N) is 3. The van der Waals surface area contributed by atoms with E-state index in [0.29, 0.717) is 5.41 Å². The fourth-order valence-electron chi connectivity index (χ4n) is 2.11. The largest absolute Gasteiger partial charge is 1.00 e. The Morgan fingerprint density at radius 3 is 2.04 bits per heavy atom. The van der Waals surface area contributed by atoms with Crippen molar-refractivity contribution < 1.29 is 60.4 Å². The number of likely N-dealkylation sites (N-methyl/N-ethyl adjacent to an activating group) is 1. The summed E-state index contributed by atoms with van der Waals surface area (Å²) in [4.78, 5) is 2.21. The van der Waals surface area contributed by atoms with Crippen molar-refractivity contribution in [2.75, 3.05) is 20.6 Å². The van der Waals surface area contributed by atoms with Crippen molar-refractivity contribution in [3.05, 3.63) is 43.5 Å². The first-order chi connectivity index (χ1) is 11.2. The molecular formula is C19H35KN3O2-. The second-order valence-corrected chi connectivity index (χ2v) is 5.19. The molecule has 0 amide bonds. The first kappa shape index (κ1) is 29.8. The minimum Gasteiger partial charge on any atom is -0.480 e. The SMILES string of the molecule is CC.CC.CCc1c[c-]on1.CN(C)CC1(c2ccon2)CC1.[CH3-].[K+]. The van der Waals surface area contributed by atoms with Crippen LogP contribution in [-0.2, 0) is 11.8 Å². The van der Waals surface area contributed by atoms with E-state index in [0.717, 1.165) is 24.4 Å². The number of rotatable bonds is 4. The second kappa shape index (κ2) is 17.4. The summed E-state index contributed by atoms with van der Waals surface area (Å²) in [5, 5.41) is 7.61. The molecule has 0 aliphatic heterocycles. The third-order valence-electron chi connectivity index (χ3n) is 3.26. The van der Waals surface area contributed by atoms with Gasteiger partial charge in [-0.25, -0.2) is 5.16 Å². The van der Waals surface area contributed by atoms with E-state index in [-0.39, 0.29) is 58.8 Å². The zero-order valence-corrected chi connectivity index (χ0v) is 20.8. The first-order valence-electron chi connectivity index (χ1n) is 8.53. The molecule has 0 unspecified atom stereocenters. The average Bonchev–Trinajstić information content (AvgIpc) is 3.06. The van der Waals surface area contributed by atoms with E-state index in [9.17, 15) is 0 Å². The molecule has 0 N–H and O–H groups in total. The second-order valence-electron chi connectivity index (χ2n) is 5.19. The molecule has 0 atom stereocenters. The molecule has 1 aliphatic carbocycles. The summed E-state index contributed by atoms with van der Waals surface area (Å²) in [5.41, 5.74) is 2.40. The van der Waals surface area contributed by atoms with Crippen LogP contribution in [-0.4, -0.2) is 35.9 Å². The van der Waals surface area contributed by atoms with Crippen LogP contribution in [0.5, 0.6) is 0 Å². The molecule has 0 saturated heterocycles. The Morgan fingerprint density at radius 2 is 1.76 bits per heavy atom. The quantitative estimate of drug-likeness (QED) is 0.602. The third kappa shape index (κ3) is 11.4. The molecule has 1 saturated carbocycles. The van der Waals surface area contributed by atoms with Crippen molar-refractivity contribution in [1.29, 1.82) is 0 Å². The van der Waals surface area contributed by atoms with Crippen molar-refractivity contribution in [2.45, 2.75) is 59.3 Å². The third-order valence-corrected chi connectivity index (χ3v) is 3.26. The number of hydrogen-bond acceptors (Lipinski definition) is 5. The van der Waals surface area contributed by atoms with Gasteiger partial charge in [0.1, 0.15) is 6.26 Å². The van der Waals surface area contributed by atoms with E-state index >= 15 is 0 Å². The zero-order valence-electron chi connectivity index (χ0n) is 17.7. The summed E-state index contributed by atoms with van der Waals surface area (Å²) in [6.45, 7) is 11.1. The summed E-state index contributed by atoms with van der Waals surface area (Å²) in [5.74, 6) is 0. The van der Waals surface area contributed by atoms with Crippen LogP contribution in [0.25, 0.3) is 0 Å². The van der Waals surface area contributed by atoms with E-state index in [4.69, 9.17) is 4.52 Å². The number of hydrogen-bond donors (Lipinski definition) is 0. The summed E-state index contributed by atoms with van der Waals surface area (Å²) in [6.07, 6.45) is 7.57. The predicted molar refractivity (Wildman–Crippen MR) is 99.8 cm³/mol. The first-order valence-corrected chi connectivity index (χ1v) is 8.53. The van der Waals surface area contributed by atoms with Crippen LogP contribution in [0.2, 0.25) is 0 Å². The topological polar surface area (TPSA) is 55.3 Å². The molecule has 0 radical (unpaired) electrons. The Balaban J connectivity index is -0.000000325. The Hall–Kier alpha value is 0.0164. The van der Waals surface area contributed by atoms with E-state index in [1.54, 1.807) is 12.3 Å². The van der Waals surface area contributed by atoms with Gasteiger partial charge in [0.25, 0.3) is 0 Å². The van der Waals surface area contributed by atoms with Gasteiger partial charge in [-0.05, 0) is 33.2 Å². The maximum atomic E-state index is 4.85. The number of aryl methyl sites for hydroxylation is 1. The van der Waals surface area contributed by atoms with Gasteiger partial charge >= 0.3 is 51.4 Å². The van der Waals surface area contributed by atoms with Gasteiger partial charge in [0.15, 0.2) is 0 Å². The molecule has 0 aromatic carbocycles. The van der Waals surface area contributed by atoms with Crippen LogP contribution >= 0.6 is 0 Å². The fourth-order valence-corrected chi connectivity index (χ4v) is 2.11. The minimum atomic E-state index is 0. The van der Waals surface area contributed by atoms with E-state index in [1.165, 1.54) is 12.8 Å². The standard InChI is InChI=1S/C9H14N2O.C5H6NO.2C2H6.CH3.K/c1-11(2)7-9(4-5-9)8-3-6-12-10-8;1-2-5-3-4-7-6-5;2*1-2;;/h3,6H,4-5,7H2,1-2H3;3H,2H2,1H3;2*1-2H3;1H3;/q;-1;;;-1;+1. The molecular weight excluding hydrogens is 341 g/mol. The fraction of sp³-hybridized carbons (Fsp3) is 0.632. The van der Waals surface area contributed by atoms with Crippen molar-refractivity contribution in [2.24, 2.45) is 0 Å². The summed E-state index contributed by atoms with van der Waals surface area (Å²) in [6, 6.07) is 3.72. The molecule has 1 aliphatic rings. The van der Waals surface area contributed by atoms with E-state index in [1.807, 2.05) is 40.7 Å². The zero-order chi connectivity index (χ0) is 17.7. The molecule has 25 heavy (non-hydrogen) atoms. The Labute approximate surface area is 197 Å². The minimum absolute atomic E-state index is 0. The molecule has 2 aromatic heterocycles. The van der Waals surface area contributed by atoms with Gasteiger partial charge in [-0.2, -0.15) is 6.07 Å². The van der Waals surface area contributed by atoms with Crippen LogP contribution in [0.15, 0.2) is 27.4 Å². The van der Waals surface area contributed by atoms with Crippen LogP contribution < -0.4 is 51.4 Å². The van der Waals surface area contributed by atoms with Crippen molar-refractivity contribution in [1.82, 2.24) is 15.2 Å². The van der Waals surface area contributed by atoms with Crippen LogP contribution in [0.3, 0.4) is 0 Å². The summed E-state index contributed by atoms with van der Waals surface area (Å²) >= 11 is 0. The average molecular weight is 377 g/mol. The molecule has 3 rings (SSSR count). The van der Waals surface area contributed by atoms with Crippen LogP contribution in [0, 0.1) is 13.7 Å². The van der Waals surface area contributed by atoms with Gasteiger partial charge < -0.3 is 21.4 Å². The van der Waals surface area contributed by atoms with Crippen molar-refractivity contribution in [3.8, 4) is 0 Å². The molecule has 2 aromatic rings. The molecule has 0 spiro atoms. The molecule has 5 nitrogen and oxygen atoms in total. The maximum Gasteiger partial charge on any atom is 1.00 e. The Morgan fingerprint density at radius 1 is 1.16 bits per heavy atom. The Bertz CT molecular complexity index is 467. The van der Waals surface area contributed by atoms with Crippen LogP contribution in [0.1, 0.15) is 58.8 Å². The van der Waals surface area contributed by atoms with Crippen LogP contribution in [0.4, 0.5) is 0 Å². The van der Waals surface area contributed by atoms with E-state index in [2.05, 4.69) is 40.1 Å². The van der Waals surface area contributed by atoms with Gasteiger partial charge in [-0.15, -0.1) is 0 Å². The summed E-state index contributed by atoms with van der Waals surface area (Å²) in [7, 11) is 4.19. The molecule has 6 heteroatoms. The normalized spacial score (nSPS) is 12.6. The van der Waals surface area contributed by atoms with Gasteiger partial charge in [-0.3, -0.25) is 0 Å². The monoisotopic (exact) mass is 376 g/mol. The van der Waals surface area contributed by atoms with E-state index < -0.39 is 0 Å². The maximum absolute atomic E-state index is 4.85. The predicted octanol–water partition coefficient (Wildman–Crippen LogP) is 1.81. The summed E-state index contributed by atoms with van der Waals surface area (Å²) < 4.78 is 9.28. The molecule has 2 heterocycles. The molecule has 0 bridgehead atoms. The van der Waals surface area contributed by atoms with Crippen molar-refractivity contribution in [3.63, 3.8) is 0 Å². The molecule has 1 fully saturated rings. The van der Waals surface area contributed by atoms with Gasteiger partial charge in [0.05, 0.1) is 5.69 Å². The van der Waals surface area contributed by atoms with Crippen molar-refractivity contribution >= 4 is 0 Å². The van der Waals surface area contributed by atoms with Gasteiger partial charge in [0.2, 0.25) is 0 Å². The smallest absolute Gasteiger partial charge is 0.480 e. The van der Waals surface area contributed by atoms with Gasteiger partial charge in [0, 0.05) is 18.0 Å². The number of aromatic nitrogens is 2.